The number of aromatic nitrogens is 3. The van der Waals surface area contributed by atoms with Crippen molar-refractivity contribution in [3.8, 4) is 22.8 Å². The summed E-state index contributed by atoms with van der Waals surface area (Å²) in [6, 6.07) is 18.4. The van der Waals surface area contributed by atoms with Crippen molar-refractivity contribution in [3.63, 3.8) is 0 Å². The first kappa shape index (κ1) is 16.0. The summed E-state index contributed by atoms with van der Waals surface area (Å²) in [6.07, 6.45) is 4.08. The SMILES string of the molecule is NCc1cccc(-c2nc3ccn(Cc4ccc(Br)cc4)cc-3n2)c1. The Labute approximate surface area is 154 Å². The summed E-state index contributed by atoms with van der Waals surface area (Å²) in [5.41, 5.74) is 10.8. The maximum Gasteiger partial charge on any atom is 0.160 e. The second kappa shape index (κ2) is 6.78. The lowest BCUT2D eigenvalue weighted by molar-refractivity contribution is 0.789. The fraction of sp³-hybridized carbons (Fsp3) is 0.100. The Balaban J connectivity index is 1.65. The van der Waals surface area contributed by atoms with Gasteiger partial charge in [0, 0.05) is 35.5 Å². The predicted octanol–water partition coefficient (Wildman–Crippen LogP) is 4.32. The summed E-state index contributed by atoms with van der Waals surface area (Å²) in [5.74, 6) is 0.742. The van der Waals surface area contributed by atoms with Crippen molar-refractivity contribution < 1.29 is 0 Å². The van der Waals surface area contributed by atoms with E-state index in [4.69, 9.17) is 10.7 Å². The fourth-order valence-corrected chi connectivity index (χ4v) is 3.08. The molecule has 0 bridgehead atoms. The minimum atomic E-state index is 0.515. The van der Waals surface area contributed by atoms with Gasteiger partial charge in [-0.25, -0.2) is 9.97 Å². The van der Waals surface area contributed by atoms with Gasteiger partial charge in [0.15, 0.2) is 5.82 Å². The van der Waals surface area contributed by atoms with Crippen LogP contribution < -0.4 is 5.73 Å². The van der Waals surface area contributed by atoms with Crippen molar-refractivity contribution in [3.05, 3.63) is 82.6 Å². The summed E-state index contributed by atoms with van der Waals surface area (Å²) in [4.78, 5) is 9.34. The molecule has 0 saturated carbocycles. The van der Waals surface area contributed by atoms with E-state index in [-0.39, 0.29) is 0 Å². The fourth-order valence-electron chi connectivity index (χ4n) is 2.82. The van der Waals surface area contributed by atoms with Crippen LogP contribution >= 0.6 is 15.9 Å². The second-order valence-corrected chi connectivity index (χ2v) is 6.88. The Morgan fingerprint density at radius 2 is 1.72 bits per heavy atom. The largest absolute Gasteiger partial charge is 0.348 e. The second-order valence-electron chi connectivity index (χ2n) is 5.97. The van der Waals surface area contributed by atoms with Crippen molar-refractivity contribution >= 4 is 15.9 Å². The molecule has 2 aromatic rings. The lowest BCUT2D eigenvalue weighted by atomic mass is 10.1. The Bertz CT molecular complexity index is 975. The van der Waals surface area contributed by atoms with Gasteiger partial charge >= 0.3 is 0 Å². The van der Waals surface area contributed by atoms with Crippen LogP contribution in [0.5, 0.6) is 0 Å². The van der Waals surface area contributed by atoms with E-state index in [1.54, 1.807) is 0 Å². The van der Waals surface area contributed by atoms with E-state index < -0.39 is 0 Å². The van der Waals surface area contributed by atoms with Crippen molar-refractivity contribution in [2.45, 2.75) is 13.1 Å². The lowest BCUT2D eigenvalue weighted by Gasteiger charge is -2.08. The normalized spacial score (nSPS) is 11.1. The zero-order valence-electron chi connectivity index (χ0n) is 13.6. The molecule has 0 unspecified atom stereocenters. The smallest absolute Gasteiger partial charge is 0.160 e. The Hall–Kier alpha value is -2.50. The first-order valence-corrected chi connectivity index (χ1v) is 8.88. The van der Waals surface area contributed by atoms with Crippen molar-refractivity contribution in [2.75, 3.05) is 0 Å². The van der Waals surface area contributed by atoms with Gasteiger partial charge in [-0.3, -0.25) is 0 Å². The molecule has 4 nitrogen and oxygen atoms in total. The maximum atomic E-state index is 5.73. The molecule has 0 aliphatic carbocycles. The van der Waals surface area contributed by atoms with E-state index in [0.717, 1.165) is 39.4 Å². The number of halogens is 1. The van der Waals surface area contributed by atoms with Gasteiger partial charge in [-0.15, -0.1) is 0 Å². The molecule has 124 valence electrons. The van der Waals surface area contributed by atoms with Gasteiger partial charge in [-0.1, -0.05) is 46.3 Å². The number of imidazole rings is 1. The Morgan fingerprint density at radius 1 is 0.920 bits per heavy atom. The third kappa shape index (κ3) is 3.48. The summed E-state index contributed by atoms with van der Waals surface area (Å²) in [7, 11) is 0. The average Bonchev–Trinajstić information content (AvgIpc) is 3.07. The molecule has 2 heterocycles. The van der Waals surface area contributed by atoms with Gasteiger partial charge in [0.2, 0.25) is 0 Å². The lowest BCUT2D eigenvalue weighted by Crippen LogP contribution is -2.00. The van der Waals surface area contributed by atoms with Gasteiger partial charge < -0.3 is 10.3 Å². The van der Waals surface area contributed by atoms with Gasteiger partial charge in [-0.2, -0.15) is 0 Å². The highest BCUT2D eigenvalue weighted by atomic mass is 79.9. The summed E-state index contributed by atoms with van der Waals surface area (Å²) in [5, 5.41) is 0. The molecule has 2 aliphatic rings. The van der Waals surface area contributed by atoms with Crippen LogP contribution in [0.1, 0.15) is 11.1 Å². The van der Waals surface area contributed by atoms with Gasteiger partial charge in [0.25, 0.3) is 0 Å². The molecular formula is C20H17BrN4. The van der Waals surface area contributed by atoms with E-state index in [1.807, 2.05) is 42.7 Å². The monoisotopic (exact) mass is 392 g/mol. The number of nitrogens with two attached hydrogens (primary N) is 1. The van der Waals surface area contributed by atoms with Crippen LogP contribution in [0, 0.1) is 0 Å². The molecule has 0 amide bonds. The molecule has 0 aromatic heterocycles. The minimum Gasteiger partial charge on any atom is -0.348 e. The Morgan fingerprint density at radius 3 is 2.52 bits per heavy atom. The third-order valence-electron chi connectivity index (χ3n) is 4.13. The van der Waals surface area contributed by atoms with Crippen LogP contribution in [0.3, 0.4) is 0 Å². The first-order chi connectivity index (χ1) is 12.2. The zero-order valence-corrected chi connectivity index (χ0v) is 15.1. The van der Waals surface area contributed by atoms with Crippen molar-refractivity contribution in [1.29, 1.82) is 0 Å². The molecule has 25 heavy (non-hydrogen) atoms. The molecule has 0 radical (unpaired) electrons. The van der Waals surface area contributed by atoms with E-state index >= 15 is 0 Å². The number of hydrogen-bond donors (Lipinski definition) is 1. The number of fused-ring (bicyclic) bond motifs is 1. The van der Waals surface area contributed by atoms with Crippen LogP contribution in [0.4, 0.5) is 0 Å². The van der Waals surface area contributed by atoms with E-state index in [2.05, 4.69) is 49.7 Å². The van der Waals surface area contributed by atoms with Crippen LogP contribution in [-0.2, 0) is 13.1 Å². The standard InChI is InChI=1S/C20H17BrN4/c21-17-6-4-14(5-7-17)12-25-9-8-18-19(13-25)24-20(23-18)16-3-1-2-15(10-16)11-22/h1-10,13H,11-12,22H2. The molecule has 2 aromatic carbocycles. The number of rotatable bonds is 4. The minimum absolute atomic E-state index is 0.515. The van der Waals surface area contributed by atoms with Crippen LogP contribution in [0.15, 0.2) is 71.5 Å². The molecule has 4 rings (SSSR count). The van der Waals surface area contributed by atoms with Crippen LogP contribution in [-0.4, -0.2) is 14.5 Å². The summed E-state index contributed by atoms with van der Waals surface area (Å²) >= 11 is 3.47. The number of hydrogen-bond acceptors (Lipinski definition) is 3. The highest BCUT2D eigenvalue weighted by molar-refractivity contribution is 9.10. The molecule has 2 N–H and O–H groups in total. The van der Waals surface area contributed by atoms with Crippen LogP contribution in [0.2, 0.25) is 0 Å². The van der Waals surface area contributed by atoms with Crippen molar-refractivity contribution in [1.82, 2.24) is 14.5 Å². The van der Waals surface area contributed by atoms with Gasteiger partial charge in [0.05, 0.1) is 5.69 Å². The van der Waals surface area contributed by atoms with E-state index in [9.17, 15) is 0 Å². The summed E-state index contributed by atoms with van der Waals surface area (Å²) in [6.45, 7) is 1.31. The zero-order chi connectivity index (χ0) is 17.2. The van der Waals surface area contributed by atoms with Gasteiger partial charge in [-0.05, 0) is 35.4 Å². The van der Waals surface area contributed by atoms with Crippen molar-refractivity contribution in [2.24, 2.45) is 5.73 Å². The van der Waals surface area contributed by atoms with Crippen LogP contribution in [0.25, 0.3) is 22.8 Å². The van der Waals surface area contributed by atoms with Gasteiger partial charge in [0.1, 0.15) is 5.69 Å². The molecule has 0 fully saturated rings. The maximum absolute atomic E-state index is 5.73. The van der Waals surface area contributed by atoms with E-state index in [0.29, 0.717) is 6.54 Å². The molecule has 0 atom stereocenters. The topological polar surface area (TPSA) is 56.7 Å². The number of pyridine rings is 1. The van der Waals surface area contributed by atoms with E-state index in [1.165, 1.54) is 5.56 Å². The first-order valence-electron chi connectivity index (χ1n) is 8.08. The highest BCUT2D eigenvalue weighted by Crippen LogP contribution is 2.25. The molecule has 2 aliphatic heterocycles. The third-order valence-corrected chi connectivity index (χ3v) is 4.66. The molecule has 0 saturated heterocycles. The molecular weight excluding hydrogens is 376 g/mol. The Kier molecular flexibility index (Phi) is 4.34. The molecule has 0 spiro atoms. The average molecular weight is 393 g/mol. The highest BCUT2D eigenvalue weighted by Gasteiger charge is 2.13. The molecule has 5 heteroatoms. The number of nitrogens with zero attached hydrogens (tertiary/aromatic N) is 3. The number of benzene rings is 2. The quantitative estimate of drug-likeness (QED) is 0.562. The summed E-state index contributed by atoms with van der Waals surface area (Å²) < 4.78 is 3.21. The predicted molar refractivity (Wildman–Crippen MR) is 103 cm³/mol.